The largest absolute Gasteiger partial charge is 0.508 e. The summed E-state index contributed by atoms with van der Waals surface area (Å²) in [7, 11) is 0. The lowest BCUT2D eigenvalue weighted by atomic mass is 10.2. The van der Waals surface area contributed by atoms with E-state index in [9.17, 15) is 9.50 Å². The molecule has 0 aliphatic heterocycles. The van der Waals surface area contributed by atoms with Crippen molar-refractivity contribution in [1.82, 2.24) is 15.1 Å². The van der Waals surface area contributed by atoms with Crippen LogP contribution in [0.1, 0.15) is 0 Å². The van der Waals surface area contributed by atoms with E-state index in [1.54, 1.807) is 12.3 Å². The Balaban J connectivity index is 2.03. The zero-order valence-electron chi connectivity index (χ0n) is 10.2. The number of pyridine rings is 1. The van der Waals surface area contributed by atoms with Crippen LogP contribution >= 0.6 is 31.9 Å². The fourth-order valence-corrected chi connectivity index (χ4v) is 2.85. The van der Waals surface area contributed by atoms with Crippen LogP contribution in [0, 0.1) is 5.82 Å². The summed E-state index contributed by atoms with van der Waals surface area (Å²) in [6.45, 7) is 0. The molecule has 0 aliphatic rings. The molecule has 106 valence electrons. The smallest absolute Gasteiger partial charge is 0.261 e. The Hall–Kier alpha value is -1.80. The highest BCUT2D eigenvalue weighted by Gasteiger charge is 2.17. The van der Waals surface area contributed by atoms with Crippen LogP contribution in [0.15, 0.2) is 43.9 Å². The molecular weight excluding hydrogens is 409 g/mol. The molecule has 0 saturated heterocycles. The van der Waals surface area contributed by atoms with Crippen molar-refractivity contribution in [3.8, 4) is 28.7 Å². The van der Waals surface area contributed by atoms with Gasteiger partial charge in [0.15, 0.2) is 0 Å². The number of phenols is 1. The van der Waals surface area contributed by atoms with E-state index >= 15 is 0 Å². The molecular formula is C13H6Br2FN3O2. The molecule has 0 saturated carbocycles. The van der Waals surface area contributed by atoms with E-state index in [-0.39, 0.29) is 23.0 Å². The first-order chi connectivity index (χ1) is 10.0. The first-order valence-electron chi connectivity index (χ1n) is 5.68. The number of hydrogen-bond acceptors (Lipinski definition) is 5. The van der Waals surface area contributed by atoms with Gasteiger partial charge in [-0.2, -0.15) is 4.98 Å². The summed E-state index contributed by atoms with van der Waals surface area (Å²) < 4.78 is 20.3. The average Bonchev–Trinajstić information content (AvgIpc) is 2.87. The van der Waals surface area contributed by atoms with Crippen LogP contribution in [0.5, 0.6) is 5.75 Å². The van der Waals surface area contributed by atoms with Gasteiger partial charge in [-0.05, 0) is 50.1 Å². The lowest BCUT2D eigenvalue weighted by Gasteiger charge is -1.98. The molecule has 2 aromatic heterocycles. The standard InChI is InChI=1S/C13H6Br2FN3O2/c14-6-3-9(15)11(17-5-6)12-18-13(21-19-12)8-2-1-7(20)4-10(8)16/h1-5,20H. The monoisotopic (exact) mass is 413 g/mol. The number of phenolic OH excluding ortho intramolecular Hbond substituents is 1. The van der Waals surface area contributed by atoms with Crippen molar-refractivity contribution in [2.24, 2.45) is 0 Å². The Morgan fingerprint density at radius 1 is 1.19 bits per heavy atom. The number of aromatic nitrogens is 3. The Kier molecular flexibility index (Phi) is 3.73. The molecule has 5 nitrogen and oxygen atoms in total. The van der Waals surface area contributed by atoms with Crippen LogP contribution in [0.4, 0.5) is 4.39 Å². The zero-order chi connectivity index (χ0) is 15.0. The molecule has 0 radical (unpaired) electrons. The number of nitrogens with zero attached hydrogens (tertiary/aromatic N) is 3. The minimum absolute atomic E-state index is 0.0131. The Morgan fingerprint density at radius 3 is 2.71 bits per heavy atom. The molecule has 0 bridgehead atoms. The fourth-order valence-electron chi connectivity index (χ4n) is 1.69. The normalized spacial score (nSPS) is 10.8. The van der Waals surface area contributed by atoms with E-state index in [1.165, 1.54) is 12.1 Å². The minimum Gasteiger partial charge on any atom is -0.508 e. The molecule has 0 atom stereocenters. The van der Waals surface area contributed by atoms with Gasteiger partial charge in [-0.15, -0.1) is 0 Å². The summed E-state index contributed by atoms with van der Waals surface area (Å²) in [5.74, 6) is -0.572. The van der Waals surface area contributed by atoms with Crippen molar-refractivity contribution in [3.63, 3.8) is 0 Å². The summed E-state index contributed by atoms with van der Waals surface area (Å²) in [6.07, 6.45) is 1.59. The third-order valence-electron chi connectivity index (χ3n) is 2.63. The first-order valence-corrected chi connectivity index (χ1v) is 7.27. The summed E-state index contributed by atoms with van der Waals surface area (Å²) in [4.78, 5) is 8.30. The molecule has 21 heavy (non-hydrogen) atoms. The zero-order valence-corrected chi connectivity index (χ0v) is 13.4. The number of halogens is 3. The van der Waals surface area contributed by atoms with Crippen LogP contribution in [0.3, 0.4) is 0 Å². The van der Waals surface area contributed by atoms with E-state index in [0.717, 1.165) is 10.5 Å². The summed E-state index contributed by atoms with van der Waals surface area (Å²) >= 11 is 6.65. The molecule has 0 amide bonds. The van der Waals surface area contributed by atoms with Gasteiger partial charge in [0.25, 0.3) is 5.89 Å². The molecule has 0 fully saturated rings. The second kappa shape index (κ2) is 5.53. The Morgan fingerprint density at radius 2 is 2.00 bits per heavy atom. The van der Waals surface area contributed by atoms with E-state index in [2.05, 4.69) is 47.0 Å². The topological polar surface area (TPSA) is 72.0 Å². The van der Waals surface area contributed by atoms with E-state index < -0.39 is 5.82 Å². The van der Waals surface area contributed by atoms with Crippen LogP contribution in [0.2, 0.25) is 0 Å². The van der Waals surface area contributed by atoms with Gasteiger partial charge in [0, 0.05) is 21.2 Å². The van der Waals surface area contributed by atoms with Crippen molar-refractivity contribution in [1.29, 1.82) is 0 Å². The van der Waals surface area contributed by atoms with Gasteiger partial charge in [-0.25, -0.2) is 4.39 Å². The van der Waals surface area contributed by atoms with Crippen LogP contribution in [-0.4, -0.2) is 20.2 Å². The highest BCUT2D eigenvalue weighted by atomic mass is 79.9. The maximum Gasteiger partial charge on any atom is 0.261 e. The van der Waals surface area contributed by atoms with Gasteiger partial charge >= 0.3 is 0 Å². The minimum atomic E-state index is -0.645. The molecule has 1 N–H and O–H groups in total. The van der Waals surface area contributed by atoms with E-state index in [4.69, 9.17) is 4.52 Å². The molecule has 0 aliphatic carbocycles. The third-order valence-corrected chi connectivity index (χ3v) is 3.67. The van der Waals surface area contributed by atoms with Gasteiger partial charge in [0.1, 0.15) is 17.3 Å². The van der Waals surface area contributed by atoms with Crippen LogP contribution in [0.25, 0.3) is 23.0 Å². The lowest BCUT2D eigenvalue weighted by molar-refractivity contribution is 0.428. The van der Waals surface area contributed by atoms with Gasteiger partial charge in [-0.3, -0.25) is 4.98 Å². The molecule has 2 heterocycles. The maximum absolute atomic E-state index is 13.8. The summed E-state index contributed by atoms with van der Waals surface area (Å²) in [5, 5.41) is 13.0. The molecule has 0 spiro atoms. The second-order valence-electron chi connectivity index (χ2n) is 4.07. The Bertz CT molecular complexity index is 757. The van der Waals surface area contributed by atoms with Crippen molar-refractivity contribution < 1.29 is 14.0 Å². The molecule has 0 unspecified atom stereocenters. The van der Waals surface area contributed by atoms with Gasteiger partial charge in [-0.1, -0.05) is 5.16 Å². The van der Waals surface area contributed by atoms with Gasteiger partial charge in [0.05, 0.1) is 5.56 Å². The number of benzene rings is 1. The quantitative estimate of drug-likeness (QED) is 0.681. The fraction of sp³-hybridized carbons (Fsp3) is 0. The molecule has 8 heteroatoms. The maximum atomic E-state index is 13.8. The lowest BCUT2D eigenvalue weighted by Crippen LogP contribution is -1.88. The number of aromatic hydroxyl groups is 1. The SMILES string of the molecule is Oc1ccc(-c2nc(-c3ncc(Br)cc3Br)no2)c(F)c1. The predicted molar refractivity (Wildman–Crippen MR) is 80.0 cm³/mol. The molecule has 3 rings (SSSR count). The average molecular weight is 415 g/mol. The van der Waals surface area contributed by atoms with Gasteiger partial charge < -0.3 is 9.63 Å². The van der Waals surface area contributed by atoms with Crippen molar-refractivity contribution >= 4 is 31.9 Å². The van der Waals surface area contributed by atoms with Gasteiger partial charge in [0.2, 0.25) is 5.82 Å². The predicted octanol–water partition coefficient (Wildman–Crippen LogP) is 4.17. The van der Waals surface area contributed by atoms with Crippen molar-refractivity contribution in [2.45, 2.75) is 0 Å². The van der Waals surface area contributed by atoms with Crippen molar-refractivity contribution in [2.75, 3.05) is 0 Å². The molecule has 3 aromatic rings. The summed E-state index contributed by atoms with van der Waals surface area (Å²) in [5.41, 5.74) is 0.590. The highest BCUT2D eigenvalue weighted by Crippen LogP contribution is 2.29. The third kappa shape index (κ3) is 2.81. The number of hydrogen-bond donors (Lipinski definition) is 1. The van der Waals surface area contributed by atoms with Crippen LogP contribution in [-0.2, 0) is 0 Å². The Labute approximate surface area is 135 Å². The molecule has 1 aromatic carbocycles. The van der Waals surface area contributed by atoms with Crippen LogP contribution < -0.4 is 0 Å². The second-order valence-corrected chi connectivity index (χ2v) is 5.84. The first kappa shape index (κ1) is 14.2. The van der Waals surface area contributed by atoms with Crippen molar-refractivity contribution in [3.05, 3.63) is 45.2 Å². The van der Waals surface area contributed by atoms with E-state index in [0.29, 0.717) is 10.2 Å². The number of rotatable bonds is 2. The highest BCUT2D eigenvalue weighted by molar-refractivity contribution is 9.11. The summed E-state index contributed by atoms with van der Waals surface area (Å²) in [6, 6.07) is 5.48. The van der Waals surface area contributed by atoms with E-state index in [1.807, 2.05) is 0 Å².